The van der Waals surface area contributed by atoms with Crippen molar-refractivity contribution in [1.29, 1.82) is 0 Å². The van der Waals surface area contributed by atoms with Crippen molar-refractivity contribution in [2.24, 2.45) is 0 Å². The van der Waals surface area contributed by atoms with Gasteiger partial charge in [-0.05, 0) is 6.66 Å². The van der Waals surface area contributed by atoms with Gasteiger partial charge in [0.05, 0.1) is 0 Å². The van der Waals surface area contributed by atoms with Gasteiger partial charge in [0.1, 0.15) is 0 Å². The summed E-state index contributed by atoms with van der Waals surface area (Å²) in [6.07, 6.45) is 0. The van der Waals surface area contributed by atoms with Crippen LogP contribution < -0.4 is 0 Å². The normalized spacial score (nSPS) is 69.0. The van der Waals surface area contributed by atoms with E-state index >= 15 is 0 Å². The average molecular weight is 186 g/mol. The Labute approximate surface area is 54.5 Å². The number of hydrogen-bond donors (Lipinski definition) is 0. The summed E-state index contributed by atoms with van der Waals surface area (Å²) < 4.78 is 0.855. The zero-order chi connectivity index (χ0) is 4.78. The van der Waals surface area contributed by atoms with Crippen molar-refractivity contribution in [3.05, 3.63) is 0 Å². The van der Waals surface area contributed by atoms with Crippen molar-refractivity contribution < 1.29 is 0 Å². The lowest BCUT2D eigenvalue weighted by atomic mass is 11.8. The molecule has 3 aliphatic rings. The van der Waals surface area contributed by atoms with E-state index in [4.69, 9.17) is 0 Å². The summed E-state index contributed by atoms with van der Waals surface area (Å²) in [6, 6.07) is 0. The Morgan fingerprint density at radius 1 is 1.43 bits per heavy atom. The largest absolute Gasteiger partial charge is 0.190 e. The predicted molar refractivity (Wildman–Crippen MR) is 45.7 cm³/mol. The maximum Gasteiger partial charge on any atom is 0.190 e. The molecule has 3 rings (SSSR count). The second-order valence-corrected chi connectivity index (χ2v) is 23.0. The van der Waals surface area contributed by atoms with Crippen LogP contribution in [0.4, 0.5) is 0 Å². The van der Waals surface area contributed by atoms with Gasteiger partial charge in [-0.25, -0.2) is 0 Å². The first-order valence-corrected chi connectivity index (χ1v) is 9.93. The van der Waals surface area contributed by atoms with Gasteiger partial charge < -0.3 is 0 Å². The summed E-state index contributed by atoms with van der Waals surface area (Å²) in [5, 5.41) is 0. The molecule has 3 aliphatic heterocycles. The van der Waals surface area contributed by atoms with E-state index in [0.29, 0.717) is 0 Å². The van der Waals surface area contributed by atoms with E-state index in [-0.39, 0.29) is 0 Å². The van der Waals surface area contributed by atoms with Crippen LogP contribution in [0.25, 0.3) is 0 Å². The minimum Gasteiger partial charge on any atom is -0.0632 e. The minimum absolute atomic E-state index is 0.581. The predicted octanol–water partition coefficient (Wildman–Crippen LogP) is 2.76. The quantitative estimate of drug-likeness (QED) is 0.324. The Morgan fingerprint density at radius 2 is 1.86 bits per heavy atom. The van der Waals surface area contributed by atoms with Gasteiger partial charge in [0.2, 0.25) is 0 Å². The number of rotatable bonds is 0. The first-order valence-electron chi connectivity index (χ1n) is 1.95. The third-order valence-corrected chi connectivity index (χ3v) is 31.7. The van der Waals surface area contributed by atoms with E-state index in [1.54, 1.807) is 7.36 Å². The summed E-state index contributed by atoms with van der Waals surface area (Å²) >= 11 is 0. The zero-order valence-electron chi connectivity index (χ0n) is 3.58. The van der Waals surface area contributed by atoms with Crippen LogP contribution in [-0.4, -0.2) is 9.41 Å². The fourth-order valence-corrected chi connectivity index (χ4v) is 36.1. The van der Waals surface area contributed by atoms with Gasteiger partial charge in [-0.3, -0.25) is 0 Å². The van der Waals surface area contributed by atoms with Gasteiger partial charge in [-0.15, -0.1) is 0 Å². The minimum atomic E-state index is -0.581. The highest BCUT2D eigenvalue weighted by molar-refractivity contribution is 9.83. The first-order chi connectivity index (χ1) is 3.26. The van der Waals surface area contributed by atoms with Gasteiger partial charge in [-0.2, -0.15) is 0 Å². The molecule has 0 unspecified atom stereocenters. The van der Waals surface area contributed by atoms with Crippen LogP contribution in [0, 0.1) is 0 Å². The molecule has 0 radical (unpaired) electrons. The van der Waals surface area contributed by atoms with E-state index in [1.165, 1.54) is 0 Å². The van der Waals surface area contributed by atoms with Crippen LogP contribution in [0.3, 0.4) is 0 Å². The van der Waals surface area contributed by atoms with E-state index in [9.17, 15) is 0 Å². The highest BCUT2D eigenvalue weighted by atomic mass is 34.1. The second-order valence-electron chi connectivity index (χ2n) is 1.70. The third kappa shape index (κ3) is 0.234. The highest BCUT2D eigenvalue weighted by Crippen LogP contribution is 3.29. The van der Waals surface area contributed by atoms with E-state index in [0.717, 1.165) is 2.74 Å². The lowest BCUT2D eigenvalue weighted by molar-refractivity contribution is 2.14. The van der Waals surface area contributed by atoms with Crippen LogP contribution >= 0.6 is 39.7 Å². The van der Waals surface area contributed by atoms with Crippen molar-refractivity contribution in [2.45, 2.75) is 2.74 Å². The fourth-order valence-electron chi connectivity index (χ4n) is 0.731. The lowest BCUT2D eigenvalue weighted by Crippen LogP contribution is -1.74. The molecule has 0 aromatic heterocycles. The Kier molecular flexibility index (Phi) is 0.472. The standard InChI is InChI=1S/C2H3PS4/c1-3-7-2(4-7,5-7)6-7/h1H3. The van der Waals surface area contributed by atoms with Crippen LogP contribution in [-0.2, 0) is 5.44 Å². The second kappa shape index (κ2) is 0.734. The molecule has 7 heavy (non-hydrogen) atoms. The van der Waals surface area contributed by atoms with Crippen molar-refractivity contribution in [3.8, 4) is 0 Å². The molecular formula is C2H3PS4. The molecule has 0 amide bonds. The molecule has 0 saturated carbocycles. The zero-order valence-corrected chi connectivity index (χ0v) is 7.74. The Morgan fingerprint density at radius 3 is 1.86 bits per heavy atom. The third-order valence-electron chi connectivity index (χ3n) is 1.40. The summed E-state index contributed by atoms with van der Waals surface area (Å²) in [4.78, 5) is 0. The van der Waals surface area contributed by atoms with Crippen LogP contribution in [0.15, 0.2) is 0 Å². The smallest absolute Gasteiger partial charge is 0.0632 e. The van der Waals surface area contributed by atoms with E-state index < -0.39 is 5.44 Å². The fraction of sp³-hybridized carbons (Fsp3) is 1.00. The van der Waals surface area contributed by atoms with E-state index in [1.807, 2.05) is 0 Å². The highest BCUT2D eigenvalue weighted by Gasteiger charge is 3.08. The average Bonchev–Trinajstić information content (AvgIpc) is 2.10. The van der Waals surface area contributed by atoms with Gasteiger partial charge in [0, 0.05) is 0 Å². The molecule has 0 N–H and O–H groups in total. The summed E-state index contributed by atoms with van der Waals surface area (Å²) in [5.74, 6) is 0. The van der Waals surface area contributed by atoms with Crippen LogP contribution in [0.2, 0.25) is 0 Å². The molecule has 40 valence electrons. The summed E-state index contributed by atoms with van der Waals surface area (Å²) in [5.41, 5.74) is -0.581. The van der Waals surface area contributed by atoms with Crippen molar-refractivity contribution in [3.63, 3.8) is 0 Å². The Balaban J connectivity index is 2.52. The molecule has 5 heteroatoms. The maximum absolute atomic E-state index is 2.32. The molecule has 0 aromatic rings. The molecule has 0 atom stereocenters. The molecule has 0 nitrogen and oxygen atoms in total. The summed E-state index contributed by atoms with van der Waals surface area (Å²) in [6.45, 7) is 2.32. The van der Waals surface area contributed by atoms with Gasteiger partial charge in [0.15, 0.2) is 2.74 Å². The molecule has 0 bridgehead atoms. The lowest BCUT2D eigenvalue weighted by Gasteiger charge is -2.10. The van der Waals surface area contributed by atoms with Gasteiger partial charge in [0.25, 0.3) is 0 Å². The van der Waals surface area contributed by atoms with Crippen molar-refractivity contribution in [2.75, 3.05) is 6.66 Å². The molecule has 3 heterocycles. The molecule has 0 aromatic carbocycles. The van der Waals surface area contributed by atoms with Crippen molar-refractivity contribution in [1.82, 2.24) is 0 Å². The SMILES string of the molecule is CP=S123SC1(S2)S3. The molecule has 0 aliphatic carbocycles. The Hall–Kier alpha value is 1.70. The summed E-state index contributed by atoms with van der Waals surface area (Å²) in [7, 11) is 8.50. The maximum atomic E-state index is 2.32. The monoisotopic (exact) mass is 186 g/mol. The number of hydrogen-bond acceptors (Lipinski definition) is 3. The topological polar surface area (TPSA) is 0 Å². The van der Waals surface area contributed by atoms with E-state index in [2.05, 4.69) is 39.0 Å². The van der Waals surface area contributed by atoms with Gasteiger partial charge in [-0.1, -0.05) is 45.2 Å². The van der Waals surface area contributed by atoms with Crippen molar-refractivity contribution >= 4 is 45.2 Å². The Bertz CT molecular complexity index is 211. The molecule has 0 spiro atoms. The molecule has 3 saturated heterocycles. The van der Waals surface area contributed by atoms with Gasteiger partial charge >= 0.3 is 0 Å². The molecular weight excluding hydrogens is 183 g/mol. The van der Waals surface area contributed by atoms with Crippen LogP contribution in [0.1, 0.15) is 0 Å². The van der Waals surface area contributed by atoms with Crippen LogP contribution in [0.5, 0.6) is 0 Å². The first kappa shape index (κ1) is 4.51. The molecule has 3 fully saturated rings.